The van der Waals surface area contributed by atoms with Crippen molar-refractivity contribution in [1.82, 2.24) is 4.98 Å². The molecule has 57 heavy (non-hydrogen) atoms. The molecule has 0 radical (unpaired) electrons. The first-order valence-corrected chi connectivity index (χ1v) is 17.6. The third kappa shape index (κ3) is 12.0. The molecular formula is C41H33N3O12S. The second-order valence-electron chi connectivity index (χ2n) is 11.1. The Balaban J connectivity index is 1.39. The largest absolute Gasteiger partial charge is 0.461 e. The van der Waals surface area contributed by atoms with Crippen molar-refractivity contribution in [3.8, 4) is 23.0 Å². The molecule has 0 spiro atoms. The van der Waals surface area contributed by atoms with Crippen LogP contribution in [0.5, 0.6) is 23.0 Å². The van der Waals surface area contributed by atoms with E-state index >= 15 is 0 Å². The predicted octanol–water partition coefficient (Wildman–Crippen LogP) is 6.44. The molecule has 0 bridgehead atoms. The molecule has 0 aliphatic heterocycles. The number of esters is 5. The smallest absolute Gasteiger partial charge is 0.343 e. The number of benzene rings is 4. The fourth-order valence-corrected chi connectivity index (χ4v) is 5.46. The van der Waals surface area contributed by atoms with E-state index in [2.05, 4.69) is 29.8 Å². The molecule has 16 heteroatoms. The molecule has 0 aliphatic rings. The van der Waals surface area contributed by atoms with Crippen molar-refractivity contribution >= 4 is 62.7 Å². The summed E-state index contributed by atoms with van der Waals surface area (Å²) in [6.07, 6.45) is 4.44. The number of thiazole rings is 1. The van der Waals surface area contributed by atoms with E-state index in [9.17, 15) is 24.0 Å². The van der Waals surface area contributed by atoms with Crippen LogP contribution in [0.1, 0.15) is 26.3 Å². The summed E-state index contributed by atoms with van der Waals surface area (Å²) in [6, 6.07) is 23.6. The molecule has 1 heterocycles. The van der Waals surface area contributed by atoms with Gasteiger partial charge in [-0.3, -0.25) is 0 Å². The van der Waals surface area contributed by atoms with Gasteiger partial charge in [0.1, 0.15) is 29.6 Å². The summed E-state index contributed by atoms with van der Waals surface area (Å²) in [7, 11) is 0. The van der Waals surface area contributed by atoms with E-state index in [4.69, 9.17) is 33.2 Å². The molecule has 5 rings (SSSR count). The average Bonchev–Trinajstić information content (AvgIpc) is 3.67. The molecule has 15 nitrogen and oxygen atoms in total. The number of aromatic nitrogens is 1. The summed E-state index contributed by atoms with van der Waals surface area (Å²) < 4.78 is 37.8. The Kier molecular flexibility index (Phi) is 14.4. The third-order valence-corrected chi connectivity index (χ3v) is 8.36. The Hall–Kier alpha value is -7.59. The Morgan fingerprint density at radius 1 is 0.667 bits per heavy atom. The lowest BCUT2D eigenvalue weighted by molar-refractivity contribution is -0.145. The van der Waals surface area contributed by atoms with E-state index in [1.165, 1.54) is 89.3 Å². The summed E-state index contributed by atoms with van der Waals surface area (Å²) in [4.78, 5) is 65.4. The van der Waals surface area contributed by atoms with Crippen molar-refractivity contribution in [1.29, 1.82) is 0 Å². The molecule has 0 saturated heterocycles. The second-order valence-corrected chi connectivity index (χ2v) is 12.1. The highest BCUT2D eigenvalue weighted by Gasteiger charge is 2.17. The van der Waals surface area contributed by atoms with E-state index in [1.807, 2.05) is 24.3 Å². The van der Waals surface area contributed by atoms with Crippen LogP contribution < -0.4 is 24.0 Å². The van der Waals surface area contributed by atoms with Gasteiger partial charge in [-0.1, -0.05) is 43.2 Å². The van der Waals surface area contributed by atoms with Gasteiger partial charge in [0, 0.05) is 23.8 Å². The summed E-state index contributed by atoms with van der Waals surface area (Å²) >= 11 is 1.35. The van der Waals surface area contributed by atoms with Crippen LogP contribution in [0.4, 0.5) is 5.13 Å². The first-order valence-electron chi connectivity index (χ1n) is 16.7. The minimum absolute atomic E-state index is 0.0567. The molecule has 0 saturated carbocycles. The minimum Gasteiger partial charge on any atom is -0.461 e. The number of carbonyl (C=O) groups is 5. The maximum absolute atomic E-state index is 13.3. The predicted molar refractivity (Wildman–Crippen MR) is 209 cm³/mol. The second kappa shape index (κ2) is 20.2. The summed E-state index contributed by atoms with van der Waals surface area (Å²) in [5, 5.41) is 6.60. The number of fused-ring (bicyclic) bond motifs is 1. The number of anilines is 1. The topological polar surface area (TPSA) is 178 Å². The number of nitrogens with zero attached hydrogens (tertiary/aromatic N) is 3. The Bertz CT molecular complexity index is 2270. The van der Waals surface area contributed by atoms with Gasteiger partial charge in [0.2, 0.25) is 18.7 Å². The quantitative estimate of drug-likeness (QED) is 0.0170. The van der Waals surface area contributed by atoms with Crippen LogP contribution in [0.15, 0.2) is 134 Å². The van der Waals surface area contributed by atoms with E-state index in [0.717, 1.165) is 28.4 Å². The van der Waals surface area contributed by atoms with Crippen molar-refractivity contribution in [3.63, 3.8) is 0 Å². The number of carbonyl (C=O) groups excluding carboxylic acids is 5. The van der Waals surface area contributed by atoms with Crippen LogP contribution in [0.3, 0.4) is 0 Å². The van der Waals surface area contributed by atoms with Gasteiger partial charge in [0.25, 0.3) is 0 Å². The van der Waals surface area contributed by atoms with Gasteiger partial charge >= 0.3 is 29.8 Å². The van der Waals surface area contributed by atoms with Gasteiger partial charge in [-0.25, -0.2) is 34.0 Å². The number of hydrogen-bond acceptors (Lipinski definition) is 16. The normalized spacial score (nSPS) is 10.5. The lowest BCUT2D eigenvalue weighted by Gasteiger charge is -2.16. The average molecular weight is 792 g/mol. The van der Waals surface area contributed by atoms with Gasteiger partial charge in [0.05, 0.1) is 34.1 Å². The minimum atomic E-state index is -0.736. The van der Waals surface area contributed by atoms with Crippen molar-refractivity contribution in [3.05, 3.63) is 146 Å². The first-order chi connectivity index (χ1) is 27.6. The van der Waals surface area contributed by atoms with Crippen molar-refractivity contribution in [2.75, 3.05) is 31.7 Å². The molecule has 0 aliphatic carbocycles. The molecular weight excluding hydrogens is 759 g/mol. The molecule has 290 valence electrons. The van der Waals surface area contributed by atoms with Gasteiger partial charge in [-0.15, -0.1) is 0 Å². The standard InChI is InChI=1S/C41H33N3O12S/c1-4-36(45)50-22-21-44(41-43-33-9-7-8-10-35(33)57-41)42-24-29-23-32(55-39(48)27-11-15-30(16-12-27)51-25-53-37(46)5-2)19-20-34(29)56-40(49)28-13-17-31(18-14-28)52-26-54-38(47)6-3/h4-20,23-24H,1-3,21-22,25-26H2/b42-24+. The highest BCUT2D eigenvalue weighted by Crippen LogP contribution is 2.30. The lowest BCUT2D eigenvalue weighted by Crippen LogP contribution is -2.23. The maximum Gasteiger partial charge on any atom is 0.343 e. The third-order valence-electron chi connectivity index (χ3n) is 7.32. The van der Waals surface area contributed by atoms with Crippen LogP contribution in [0, 0.1) is 0 Å². The first kappa shape index (κ1) is 40.6. The number of rotatable bonds is 19. The van der Waals surface area contributed by atoms with Crippen LogP contribution >= 0.6 is 11.3 Å². The van der Waals surface area contributed by atoms with E-state index in [-0.39, 0.29) is 54.9 Å². The fraction of sp³-hybridized carbons (Fsp3) is 0.0976. The fourth-order valence-electron chi connectivity index (χ4n) is 4.51. The van der Waals surface area contributed by atoms with Crippen molar-refractivity contribution < 1.29 is 57.1 Å². The zero-order valence-electron chi connectivity index (χ0n) is 30.1. The van der Waals surface area contributed by atoms with E-state index in [1.54, 1.807) is 0 Å². The van der Waals surface area contributed by atoms with E-state index in [0.29, 0.717) is 16.6 Å². The highest BCUT2D eigenvalue weighted by atomic mass is 32.1. The highest BCUT2D eigenvalue weighted by molar-refractivity contribution is 7.22. The van der Waals surface area contributed by atoms with E-state index < -0.39 is 29.8 Å². The molecule has 0 unspecified atom stereocenters. The van der Waals surface area contributed by atoms with Crippen LogP contribution in [0.25, 0.3) is 10.2 Å². The Labute approximate surface area is 329 Å². The summed E-state index contributed by atoms with van der Waals surface area (Å²) in [5.41, 5.74) is 1.30. The van der Waals surface area contributed by atoms with Crippen LogP contribution in [-0.2, 0) is 28.6 Å². The SMILES string of the molecule is C=CC(=O)OCCN(/N=C/c1cc(OC(=O)c2ccc(OCOC(=O)C=C)cc2)ccc1OC(=O)c1ccc(OCOC(=O)C=C)cc1)c1nc2ccccc2s1. The lowest BCUT2D eigenvalue weighted by atomic mass is 10.2. The molecule has 1 aromatic heterocycles. The van der Waals surface area contributed by atoms with Gasteiger partial charge in [0.15, 0.2) is 0 Å². The van der Waals surface area contributed by atoms with Gasteiger partial charge in [-0.05, 0) is 78.9 Å². The van der Waals surface area contributed by atoms with Gasteiger partial charge in [-0.2, -0.15) is 5.10 Å². The van der Waals surface area contributed by atoms with Crippen LogP contribution in [0.2, 0.25) is 0 Å². The zero-order valence-corrected chi connectivity index (χ0v) is 30.9. The number of para-hydroxylation sites is 1. The van der Waals surface area contributed by atoms with Crippen molar-refractivity contribution in [2.24, 2.45) is 5.10 Å². The number of hydrogen-bond donors (Lipinski definition) is 0. The molecule has 4 aromatic carbocycles. The number of ether oxygens (including phenoxy) is 7. The summed E-state index contributed by atoms with van der Waals surface area (Å²) in [5.74, 6) is -2.56. The van der Waals surface area contributed by atoms with Crippen LogP contribution in [-0.4, -0.2) is 67.8 Å². The Morgan fingerprint density at radius 3 is 1.79 bits per heavy atom. The zero-order chi connectivity index (χ0) is 40.6. The molecule has 0 amide bonds. The molecule has 5 aromatic rings. The maximum atomic E-state index is 13.3. The molecule has 0 N–H and O–H groups in total. The monoisotopic (exact) mass is 791 g/mol. The van der Waals surface area contributed by atoms with Gasteiger partial charge < -0.3 is 33.2 Å². The molecule has 0 fully saturated rings. The number of hydrazone groups is 1. The summed E-state index contributed by atoms with van der Waals surface area (Å²) in [6.45, 7) is 9.38. The van der Waals surface area contributed by atoms with Crippen molar-refractivity contribution in [2.45, 2.75) is 0 Å². The molecule has 0 atom stereocenters. The Morgan fingerprint density at radius 2 is 1.21 bits per heavy atom.